The summed E-state index contributed by atoms with van der Waals surface area (Å²) in [5.41, 5.74) is 1.31. The Bertz CT molecular complexity index is 629. The maximum Gasteiger partial charge on any atom is 0.253 e. The van der Waals surface area contributed by atoms with Crippen LogP contribution in [0.3, 0.4) is 0 Å². The summed E-state index contributed by atoms with van der Waals surface area (Å²) in [6.45, 7) is 0.342. The van der Waals surface area contributed by atoms with Crippen molar-refractivity contribution in [3.8, 4) is 11.5 Å². The first-order valence-corrected chi connectivity index (χ1v) is 6.62. The van der Waals surface area contributed by atoms with E-state index in [1.165, 1.54) is 6.20 Å². The molecule has 0 fully saturated rings. The number of rotatable bonds is 5. The molecule has 21 heavy (non-hydrogen) atoms. The predicted octanol–water partition coefficient (Wildman–Crippen LogP) is 2.68. The number of carbonyl (C=O) groups is 1. The first kappa shape index (κ1) is 15.1. The van der Waals surface area contributed by atoms with Crippen molar-refractivity contribution in [2.45, 2.75) is 6.54 Å². The number of carbonyl (C=O) groups excluding carboxylic acids is 1. The molecule has 110 valence electrons. The van der Waals surface area contributed by atoms with E-state index in [0.717, 1.165) is 5.56 Å². The molecule has 0 aliphatic heterocycles. The fraction of sp³-hybridized carbons (Fsp3) is 0.200. The summed E-state index contributed by atoms with van der Waals surface area (Å²) in [7, 11) is 3.16. The average Bonchev–Trinajstić information content (AvgIpc) is 2.53. The van der Waals surface area contributed by atoms with E-state index in [1.807, 2.05) is 12.1 Å². The fourth-order valence-electron chi connectivity index (χ4n) is 1.79. The van der Waals surface area contributed by atoms with Crippen molar-refractivity contribution in [3.05, 3.63) is 52.8 Å². The lowest BCUT2D eigenvalue weighted by molar-refractivity contribution is 0.0950. The second-order valence-corrected chi connectivity index (χ2v) is 4.62. The third-order valence-electron chi connectivity index (χ3n) is 2.92. The lowest BCUT2D eigenvalue weighted by Gasteiger charge is -2.11. The highest BCUT2D eigenvalue weighted by Gasteiger charge is 2.09. The van der Waals surface area contributed by atoms with Crippen molar-refractivity contribution in [3.63, 3.8) is 0 Å². The van der Waals surface area contributed by atoms with E-state index in [4.69, 9.17) is 21.1 Å². The highest BCUT2D eigenvalue weighted by molar-refractivity contribution is 6.29. The largest absolute Gasteiger partial charge is 0.497 e. The van der Waals surface area contributed by atoms with Gasteiger partial charge in [-0.25, -0.2) is 4.98 Å². The molecule has 2 aromatic rings. The standard InChI is InChI=1S/C15H15ClN2O3/c1-20-12-5-3-10(13(7-12)21-2)8-18-15(19)11-4-6-14(16)17-9-11/h3-7,9H,8H2,1-2H3,(H,18,19). The Hall–Kier alpha value is -2.27. The second kappa shape index (κ2) is 6.95. The molecule has 1 heterocycles. The monoisotopic (exact) mass is 306 g/mol. The van der Waals surface area contributed by atoms with Crippen LogP contribution in [0.25, 0.3) is 0 Å². The van der Waals surface area contributed by atoms with Crippen molar-refractivity contribution in [2.24, 2.45) is 0 Å². The molecule has 0 bridgehead atoms. The molecule has 6 heteroatoms. The number of hydrogen-bond acceptors (Lipinski definition) is 4. The van der Waals surface area contributed by atoms with Gasteiger partial charge >= 0.3 is 0 Å². The van der Waals surface area contributed by atoms with E-state index in [9.17, 15) is 4.79 Å². The highest BCUT2D eigenvalue weighted by atomic mass is 35.5. The lowest BCUT2D eigenvalue weighted by Crippen LogP contribution is -2.23. The van der Waals surface area contributed by atoms with Crippen LogP contribution in [0.1, 0.15) is 15.9 Å². The second-order valence-electron chi connectivity index (χ2n) is 4.23. The minimum Gasteiger partial charge on any atom is -0.497 e. The number of ether oxygens (including phenoxy) is 2. The molecule has 0 aliphatic carbocycles. The van der Waals surface area contributed by atoms with Gasteiger partial charge in [0.15, 0.2) is 0 Å². The Morgan fingerprint density at radius 3 is 2.67 bits per heavy atom. The number of benzene rings is 1. The Labute approximate surface area is 127 Å². The van der Waals surface area contributed by atoms with Gasteiger partial charge in [0.25, 0.3) is 5.91 Å². The molecule has 0 saturated carbocycles. The van der Waals surface area contributed by atoms with E-state index in [2.05, 4.69) is 10.3 Å². The van der Waals surface area contributed by atoms with Crippen LogP contribution in [0.2, 0.25) is 5.15 Å². The maximum absolute atomic E-state index is 12.0. The lowest BCUT2D eigenvalue weighted by atomic mass is 10.2. The molecule has 0 aliphatic rings. The highest BCUT2D eigenvalue weighted by Crippen LogP contribution is 2.24. The Balaban J connectivity index is 2.05. The smallest absolute Gasteiger partial charge is 0.253 e. The van der Waals surface area contributed by atoms with Crippen molar-refractivity contribution in [2.75, 3.05) is 14.2 Å². The van der Waals surface area contributed by atoms with Crippen molar-refractivity contribution in [1.29, 1.82) is 0 Å². The van der Waals surface area contributed by atoms with E-state index < -0.39 is 0 Å². The first-order chi connectivity index (χ1) is 10.1. The molecule has 2 rings (SSSR count). The van der Waals surface area contributed by atoms with Crippen LogP contribution in [-0.4, -0.2) is 25.1 Å². The molecule has 0 atom stereocenters. The van der Waals surface area contributed by atoms with E-state index in [1.54, 1.807) is 32.4 Å². The fourth-order valence-corrected chi connectivity index (χ4v) is 1.90. The number of nitrogens with one attached hydrogen (secondary N) is 1. The van der Waals surface area contributed by atoms with Gasteiger partial charge < -0.3 is 14.8 Å². The molecule has 1 aromatic carbocycles. The van der Waals surface area contributed by atoms with Crippen LogP contribution < -0.4 is 14.8 Å². The number of amides is 1. The molecule has 1 aromatic heterocycles. The van der Waals surface area contributed by atoms with Gasteiger partial charge in [0.05, 0.1) is 19.8 Å². The molecule has 5 nitrogen and oxygen atoms in total. The Kier molecular flexibility index (Phi) is 5.00. The topological polar surface area (TPSA) is 60.5 Å². The summed E-state index contributed by atoms with van der Waals surface area (Å²) in [6, 6.07) is 8.62. The molecule has 1 amide bonds. The molecule has 0 saturated heterocycles. The summed E-state index contributed by atoms with van der Waals surface area (Å²) < 4.78 is 10.4. The minimum atomic E-state index is -0.225. The number of pyridine rings is 1. The molecule has 1 N–H and O–H groups in total. The van der Waals surface area contributed by atoms with Gasteiger partial charge in [-0.05, 0) is 24.3 Å². The maximum atomic E-state index is 12.0. The third-order valence-corrected chi connectivity index (χ3v) is 3.15. The van der Waals surface area contributed by atoms with Crippen molar-refractivity contribution in [1.82, 2.24) is 10.3 Å². The van der Waals surface area contributed by atoms with E-state index >= 15 is 0 Å². The zero-order chi connectivity index (χ0) is 15.2. The predicted molar refractivity (Wildman–Crippen MR) is 80.0 cm³/mol. The van der Waals surface area contributed by atoms with Crippen LogP contribution in [0.5, 0.6) is 11.5 Å². The van der Waals surface area contributed by atoms with Gasteiger partial charge in [0, 0.05) is 24.4 Å². The molecular weight excluding hydrogens is 292 g/mol. The van der Waals surface area contributed by atoms with Crippen LogP contribution >= 0.6 is 11.6 Å². The normalized spacial score (nSPS) is 10.0. The summed E-state index contributed by atoms with van der Waals surface area (Å²) >= 11 is 5.69. The quantitative estimate of drug-likeness (QED) is 0.863. The van der Waals surface area contributed by atoms with Gasteiger partial charge in [-0.1, -0.05) is 11.6 Å². The Morgan fingerprint density at radius 1 is 1.24 bits per heavy atom. The number of aromatic nitrogens is 1. The Morgan fingerprint density at radius 2 is 2.05 bits per heavy atom. The summed E-state index contributed by atoms with van der Waals surface area (Å²) in [4.78, 5) is 15.9. The van der Waals surface area contributed by atoms with E-state index in [0.29, 0.717) is 28.8 Å². The minimum absolute atomic E-state index is 0.225. The number of halogens is 1. The first-order valence-electron chi connectivity index (χ1n) is 6.24. The SMILES string of the molecule is COc1ccc(CNC(=O)c2ccc(Cl)nc2)c(OC)c1. The summed E-state index contributed by atoms with van der Waals surface area (Å²) in [6.07, 6.45) is 1.43. The molecule has 0 radical (unpaired) electrons. The summed E-state index contributed by atoms with van der Waals surface area (Å²) in [5, 5.41) is 3.15. The number of hydrogen-bond donors (Lipinski definition) is 1. The average molecular weight is 307 g/mol. The van der Waals surface area contributed by atoms with Gasteiger partial charge in [-0.3, -0.25) is 4.79 Å². The van der Waals surface area contributed by atoms with Crippen LogP contribution in [0, 0.1) is 0 Å². The zero-order valence-electron chi connectivity index (χ0n) is 11.7. The van der Waals surface area contributed by atoms with Crippen molar-refractivity contribution >= 4 is 17.5 Å². The van der Waals surface area contributed by atoms with Gasteiger partial charge in [-0.15, -0.1) is 0 Å². The van der Waals surface area contributed by atoms with Gasteiger partial charge in [0.1, 0.15) is 16.7 Å². The molecular formula is C15H15ClN2O3. The third kappa shape index (κ3) is 3.86. The van der Waals surface area contributed by atoms with Crippen LogP contribution in [0.15, 0.2) is 36.5 Å². The van der Waals surface area contributed by atoms with Crippen LogP contribution in [-0.2, 0) is 6.54 Å². The number of nitrogens with zero attached hydrogens (tertiary/aromatic N) is 1. The number of methoxy groups -OCH3 is 2. The van der Waals surface area contributed by atoms with Crippen molar-refractivity contribution < 1.29 is 14.3 Å². The van der Waals surface area contributed by atoms with E-state index in [-0.39, 0.29) is 5.91 Å². The summed E-state index contributed by atoms with van der Waals surface area (Å²) in [5.74, 6) is 1.13. The molecule has 0 spiro atoms. The van der Waals surface area contributed by atoms with Crippen LogP contribution in [0.4, 0.5) is 0 Å². The zero-order valence-corrected chi connectivity index (χ0v) is 12.5. The molecule has 0 unspecified atom stereocenters. The van der Waals surface area contributed by atoms with Gasteiger partial charge in [-0.2, -0.15) is 0 Å². The van der Waals surface area contributed by atoms with Gasteiger partial charge in [0.2, 0.25) is 0 Å².